The number of hydrogen-bond donors (Lipinski definition) is 1. The van der Waals surface area contributed by atoms with Crippen LogP contribution in [0.15, 0.2) is 0 Å². The minimum absolute atomic E-state index is 0.0231. The summed E-state index contributed by atoms with van der Waals surface area (Å²) in [6, 6.07) is 0. The average molecular weight is 233 g/mol. The molecule has 3 fully saturated rings. The highest BCUT2D eigenvalue weighted by atomic mass is 19.4. The summed E-state index contributed by atoms with van der Waals surface area (Å²) >= 11 is 0. The molecule has 92 valence electrons. The van der Waals surface area contributed by atoms with Crippen LogP contribution in [0.5, 0.6) is 0 Å². The van der Waals surface area contributed by atoms with E-state index < -0.39 is 11.6 Å². The summed E-state index contributed by atoms with van der Waals surface area (Å²) in [6.07, 6.45) is 2.33. The molecule has 16 heavy (non-hydrogen) atoms. The summed E-state index contributed by atoms with van der Waals surface area (Å²) in [5.74, 6) is 0. The Kier molecular flexibility index (Phi) is 1.88. The minimum Gasteiger partial charge on any atom is -0.330 e. The van der Waals surface area contributed by atoms with Gasteiger partial charge >= 0.3 is 6.18 Å². The first kappa shape index (κ1) is 10.9. The van der Waals surface area contributed by atoms with Gasteiger partial charge in [-0.15, -0.1) is 0 Å². The zero-order chi connectivity index (χ0) is 11.7. The third-order valence-electron chi connectivity index (χ3n) is 5.33. The van der Waals surface area contributed by atoms with Gasteiger partial charge in [0.15, 0.2) is 0 Å². The van der Waals surface area contributed by atoms with Gasteiger partial charge in [-0.05, 0) is 49.4 Å². The molecule has 0 aromatic rings. The van der Waals surface area contributed by atoms with Crippen molar-refractivity contribution in [2.24, 2.45) is 22.0 Å². The SMILES string of the molecule is NCC1(C(F)(F)F)CC2(CC3(CCC3)C2)C1. The third kappa shape index (κ3) is 1.17. The molecule has 0 aliphatic heterocycles. The number of alkyl halides is 3. The van der Waals surface area contributed by atoms with E-state index in [0.29, 0.717) is 18.3 Å². The molecular weight excluding hydrogens is 215 g/mol. The van der Waals surface area contributed by atoms with E-state index >= 15 is 0 Å². The predicted octanol–water partition coefficient (Wildman–Crippen LogP) is 3.24. The van der Waals surface area contributed by atoms with Crippen LogP contribution < -0.4 is 5.73 Å². The Balaban J connectivity index is 1.65. The second-order valence-corrected chi connectivity index (χ2v) is 6.54. The van der Waals surface area contributed by atoms with E-state index in [1.165, 1.54) is 19.3 Å². The fourth-order valence-electron chi connectivity index (χ4n) is 4.66. The number of halogens is 3. The normalized spacial score (nSPS) is 33.0. The molecule has 0 heterocycles. The van der Waals surface area contributed by atoms with Gasteiger partial charge in [-0.1, -0.05) is 6.42 Å². The first-order valence-corrected chi connectivity index (χ1v) is 6.11. The van der Waals surface area contributed by atoms with Gasteiger partial charge in [0.1, 0.15) is 0 Å². The van der Waals surface area contributed by atoms with Crippen molar-refractivity contribution in [3.63, 3.8) is 0 Å². The molecule has 3 saturated carbocycles. The minimum atomic E-state index is -4.10. The second kappa shape index (κ2) is 2.77. The molecule has 3 aliphatic carbocycles. The van der Waals surface area contributed by atoms with Crippen LogP contribution in [0, 0.1) is 16.2 Å². The van der Waals surface area contributed by atoms with Crippen molar-refractivity contribution in [1.82, 2.24) is 0 Å². The Hall–Kier alpha value is -0.250. The molecule has 0 unspecified atom stereocenters. The molecule has 0 bridgehead atoms. The van der Waals surface area contributed by atoms with E-state index in [2.05, 4.69) is 0 Å². The van der Waals surface area contributed by atoms with Gasteiger partial charge in [0.05, 0.1) is 5.41 Å². The molecule has 4 heteroatoms. The molecule has 3 rings (SSSR count). The summed E-state index contributed by atoms with van der Waals surface area (Å²) in [5.41, 5.74) is 4.29. The van der Waals surface area contributed by atoms with Crippen molar-refractivity contribution in [2.45, 2.75) is 51.1 Å². The maximum Gasteiger partial charge on any atom is 0.395 e. The van der Waals surface area contributed by atoms with Crippen molar-refractivity contribution < 1.29 is 13.2 Å². The number of nitrogens with two attached hydrogens (primary N) is 1. The Bertz CT molecular complexity index is 301. The number of hydrogen-bond acceptors (Lipinski definition) is 1. The molecule has 2 spiro atoms. The van der Waals surface area contributed by atoms with Crippen LogP contribution in [0.2, 0.25) is 0 Å². The van der Waals surface area contributed by atoms with E-state index in [4.69, 9.17) is 5.73 Å². The second-order valence-electron chi connectivity index (χ2n) is 6.54. The van der Waals surface area contributed by atoms with Crippen LogP contribution in [-0.4, -0.2) is 12.7 Å². The molecule has 0 radical (unpaired) electrons. The standard InChI is InChI=1S/C12H18F3N/c13-12(14,15)11(8-16)6-10(7-11)4-9(5-10)2-1-3-9/h1-8,16H2. The highest BCUT2D eigenvalue weighted by Crippen LogP contribution is 2.76. The van der Waals surface area contributed by atoms with Crippen molar-refractivity contribution in [3.8, 4) is 0 Å². The lowest BCUT2D eigenvalue weighted by Gasteiger charge is -2.70. The van der Waals surface area contributed by atoms with Crippen LogP contribution in [0.4, 0.5) is 13.2 Å². The fraction of sp³-hybridized carbons (Fsp3) is 1.00. The lowest BCUT2D eigenvalue weighted by Crippen LogP contribution is -2.65. The molecular formula is C12H18F3N. The summed E-state index contributed by atoms with van der Waals surface area (Å²) < 4.78 is 38.6. The van der Waals surface area contributed by atoms with E-state index in [-0.39, 0.29) is 12.0 Å². The van der Waals surface area contributed by atoms with E-state index in [9.17, 15) is 13.2 Å². The van der Waals surface area contributed by atoms with Gasteiger partial charge in [0.2, 0.25) is 0 Å². The van der Waals surface area contributed by atoms with Gasteiger partial charge in [-0.3, -0.25) is 0 Å². The zero-order valence-electron chi connectivity index (χ0n) is 9.37. The molecule has 0 aromatic carbocycles. The molecule has 0 atom stereocenters. The van der Waals surface area contributed by atoms with E-state index in [1.807, 2.05) is 0 Å². The Labute approximate surface area is 93.6 Å². The van der Waals surface area contributed by atoms with Crippen LogP contribution in [0.25, 0.3) is 0 Å². The first-order chi connectivity index (χ1) is 7.35. The molecule has 0 saturated heterocycles. The zero-order valence-corrected chi connectivity index (χ0v) is 9.37. The maximum atomic E-state index is 12.9. The van der Waals surface area contributed by atoms with Crippen LogP contribution in [-0.2, 0) is 0 Å². The first-order valence-electron chi connectivity index (χ1n) is 6.11. The quantitative estimate of drug-likeness (QED) is 0.739. The fourth-order valence-corrected chi connectivity index (χ4v) is 4.66. The van der Waals surface area contributed by atoms with E-state index in [0.717, 1.165) is 12.8 Å². The van der Waals surface area contributed by atoms with Gasteiger partial charge in [0, 0.05) is 6.54 Å². The predicted molar refractivity (Wildman–Crippen MR) is 54.7 cm³/mol. The average Bonchev–Trinajstić information content (AvgIpc) is 1.94. The van der Waals surface area contributed by atoms with Crippen LogP contribution in [0.1, 0.15) is 44.9 Å². The maximum absolute atomic E-state index is 12.9. The lowest BCUT2D eigenvalue weighted by atomic mass is 9.35. The monoisotopic (exact) mass is 233 g/mol. The highest BCUT2D eigenvalue weighted by molar-refractivity contribution is 5.17. The van der Waals surface area contributed by atoms with Crippen molar-refractivity contribution in [2.75, 3.05) is 6.54 Å². The molecule has 0 aromatic heterocycles. The van der Waals surface area contributed by atoms with E-state index in [1.54, 1.807) is 0 Å². The Morgan fingerprint density at radius 2 is 1.50 bits per heavy atom. The molecule has 2 N–H and O–H groups in total. The lowest BCUT2D eigenvalue weighted by molar-refractivity contribution is -0.311. The number of rotatable bonds is 1. The topological polar surface area (TPSA) is 26.0 Å². The summed E-state index contributed by atoms with van der Waals surface area (Å²) in [4.78, 5) is 0. The Morgan fingerprint density at radius 1 is 0.938 bits per heavy atom. The smallest absolute Gasteiger partial charge is 0.330 e. The van der Waals surface area contributed by atoms with Crippen LogP contribution >= 0.6 is 0 Å². The summed E-state index contributed by atoms with van der Waals surface area (Å²) in [5, 5.41) is 0. The highest BCUT2D eigenvalue weighted by Gasteiger charge is 2.72. The van der Waals surface area contributed by atoms with Crippen LogP contribution in [0.3, 0.4) is 0 Å². The van der Waals surface area contributed by atoms with Gasteiger partial charge < -0.3 is 5.73 Å². The van der Waals surface area contributed by atoms with Gasteiger partial charge in [-0.2, -0.15) is 13.2 Å². The largest absolute Gasteiger partial charge is 0.395 e. The van der Waals surface area contributed by atoms with Crippen molar-refractivity contribution in [1.29, 1.82) is 0 Å². The van der Waals surface area contributed by atoms with Gasteiger partial charge in [0.25, 0.3) is 0 Å². The summed E-state index contributed by atoms with van der Waals surface area (Å²) in [6.45, 7) is -0.231. The molecule has 1 nitrogen and oxygen atoms in total. The molecule has 3 aliphatic rings. The van der Waals surface area contributed by atoms with Crippen molar-refractivity contribution >= 4 is 0 Å². The third-order valence-corrected chi connectivity index (χ3v) is 5.33. The Morgan fingerprint density at radius 3 is 1.81 bits per heavy atom. The van der Waals surface area contributed by atoms with Gasteiger partial charge in [-0.25, -0.2) is 0 Å². The van der Waals surface area contributed by atoms with Crippen molar-refractivity contribution in [3.05, 3.63) is 0 Å². The molecule has 0 amide bonds. The summed E-state index contributed by atoms with van der Waals surface area (Å²) in [7, 11) is 0.